The second kappa shape index (κ2) is 4.42. The summed E-state index contributed by atoms with van der Waals surface area (Å²) in [6, 6.07) is 13.3. The number of fused-ring (bicyclic) bond motifs is 1. The van der Waals surface area contributed by atoms with Crippen LogP contribution in [0.25, 0.3) is 22.4 Å². The fourth-order valence-electron chi connectivity index (χ4n) is 2.09. The van der Waals surface area contributed by atoms with Crippen molar-refractivity contribution in [1.82, 2.24) is 9.97 Å². The van der Waals surface area contributed by atoms with Crippen molar-refractivity contribution in [3.8, 4) is 17.5 Å². The molecule has 0 aliphatic rings. The topological polar surface area (TPSA) is 52.5 Å². The van der Waals surface area contributed by atoms with Crippen LogP contribution in [0.5, 0.6) is 0 Å². The zero-order chi connectivity index (χ0) is 13.4. The monoisotopic (exact) mass is 267 g/mol. The highest BCUT2D eigenvalue weighted by Crippen LogP contribution is 2.25. The Labute approximate surface area is 115 Å². The van der Waals surface area contributed by atoms with Gasteiger partial charge in [-0.3, -0.25) is 0 Å². The van der Waals surface area contributed by atoms with Crippen molar-refractivity contribution in [3.05, 3.63) is 52.5 Å². The van der Waals surface area contributed by atoms with Crippen molar-refractivity contribution in [2.75, 3.05) is 0 Å². The minimum atomic E-state index is 0.616. The average Bonchev–Trinajstić information content (AvgIpc) is 2.80. The van der Waals surface area contributed by atoms with E-state index < -0.39 is 0 Å². The standard InChI is InChI=1S/C15H10ClN3/c1-9-4-11(7-12(16)5-9)15-18-13-3-2-10(8-17)6-14(13)19-15/h2-7H,1H3,(H,18,19). The SMILES string of the molecule is Cc1cc(Cl)cc(-c2nc3ccc(C#N)cc3[nH]2)c1. The maximum absolute atomic E-state index is 8.89. The Bertz CT molecular complexity index is 792. The molecule has 0 aliphatic heterocycles. The molecule has 19 heavy (non-hydrogen) atoms. The lowest BCUT2D eigenvalue weighted by Crippen LogP contribution is -1.82. The summed E-state index contributed by atoms with van der Waals surface area (Å²) in [7, 11) is 0. The molecule has 92 valence electrons. The summed E-state index contributed by atoms with van der Waals surface area (Å²) in [6.07, 6.45) is 0. The Morgan fingerprint density at radius 3 is 2.79 bits per heavy atom. The van der Waals surface area contributed by atoms with E-state index in [1.807, 2.05) is 31.2 Å². The Kier molecular flexibility index (Phi) is 2.73. The molecular weight excluding hydrogens is 258 g/mol. The van der Waals surface area contributed by atoms with Crippen LogP contribution in [0.15, 0.2) is 36.4 Å². The maximum atomic E-state index is 8.89. The predicted octanol–water partition coefficient (Wildman–Crippen LogP) is 4.06. The smallest absolute Gasteiger partial charge is 0.138 e. The molecule has 1 heterocycles. The van der Waals surface area contributed by atoms with Gasteiger partial charge in [0.2, 0.25) is 0 Å². The van der Waals surface area contributed by atoms with Gasteiger partial charge >= 0.3 is 0 Å². The maximum Gasteiger partial charge on any atom is 0.138 e. The lowest BCUT2D eigenvalue weighted by atomic mass is 10.1. The fraction of sp³-hybridized carbons (Fsp3) is 0.0667. The molecule has 0 saturated carbocycles. The number of benzene rings is 2. The van der Waals surface area contributed by atoms with E-state index in [4.69, 9.17) is 16.9 Å². The molecule has 3 aromatic rings. The quantitative estimate of drug-likeness (QED) is 0.723. The van der Waals surface area contributed by atoms with Crippen LogP contribution in [-0.2, 0) is 0 Å². The van der Waals surface area contributed by atoms with Gasteiger partial charge < -0.3 is 4.98 Å². The Hall–Kier alpha value is -2.31. The molecule has 2 aromatic carbocycles. The minimum Gasteiger partial charge on any atom is -0.338 e. The number of H-pyrrole nitrogens is 1. The number of imidazole rings is 1. The summed E-state index contributed by atoms with van der Waals surface area (Å²) >= 11 is 6.06. The van der Waals surface area contributed by atoms with E-state index >= 15 is 0 Å². The van der Waals surface area contributed by atoms with Gasteiger partial charge in [0.1, 0.15) is 5.82 Å². The van der Waals surface area contributed by atoms with Crippen LogP contribution in [0.2, 0.25) is 5.02 Å². The summed E-state index contributed by atoms with van der Waals surface area (Å²) in [5.74, 6) is 0.760. The number of aromatic amines is 1. The summed E-state index contributed by atoms with van der Waals surface area (Å²) in [6.45, 7) is 1.99. The van der Waals surface area contributed by atoms with Gasteiger partial charge in [0.15, 0.2) is 0 Å². The number of nitrogens with zero attached hydrogens (tertiary/aromatic N) is 2. The van der Waals surface area contributed by atoms with Crippen molar-refractivity contribution in [3.63, 3.8) is 0 Å². The van der Waals surface area contributed by atoms with Gasteiger partial charge in [-0.2, -0.15) is 5.26 Å². The first kappa shape index (κ1) is 11.8. The summed E-state index contributed by atoms with van der Waals surface area (Å²) in [5, 5.41) is 9.58. The van der Waals surface area contributed by atoms with E-state index in [1.54, 1.807) is 12.1 Å². The summed E-state index contributed by atoms with van der Waals surface area (Å²) < 4.78 is 0. The Morgan fingerprint density at radius 2 is 2.05 bits per heavy atom. The molecule has 3 nitrogen and oxygen atoms in total. The first-order valence-electron chi connectivity index (χ1n) is 5.83. The highest BCUT2D eigenvalue weighted by molar-refractivity contribution is 6.30. The molecule has 0 amide bonds. The van der Waals surface area contributed by atoms with Crippen molar-refractivity contribution in [1.29, 1.82) is 5.26 Å². The summed E-state index contributed by atoms with van der Waals surface area (Å²) in [4.78, 5) is 7.74. The predicted molar refractivity (Wildman–Crippen MR) is 76.0 cm³/mol. The molecule has 0 spiro atoms. The van der Waals surface area contributed by atoms with Crippen molar-refractivity contribution in [2.24, 2.45) is 0 Å². The van der Waals surface area contributed by atoms with Gasteiger partial charge in [-0.25, -0.2) is 4.98 Å². The number of hydrogen-bond donors (Lipinski definition) is 1. The third-order valence-electron chi connectivity index (χ3n) is 2.93. The van der Waals surface area contributed by atoms with Gasteiger partial charge in [0, 0.05) is 10.6 Å². The lowest BCUT2D eigenvalue weighted by molar-refractivity contribution is 1.32. The van der Waals surface area contributed by atoms with E-state index in [2.05, 4.69) is 16.0 Å². The van der Waals surface area contributed by atoms with E-state index in [1.165, 1.54) is 0 Å². The highest BCUT2D eigenvalue weighted by Gasteiger charge is 2.07. The molecule has 4 heteroatoms. The number of hydrogen-bond acceptors (Lipinski definition) is 2. The number of nitrogens with one attached hydrogen (secondary N) is 1. The van der Waals surface area contributed by atoms with Crippen LogP contribution in [0, 0.1) is 18.3 Å². The number of nitriles is 1. The minimum absolute atomic E-state index is 0.616. The molecule has 0 atom stereocenters. The van der Waals surface area contributed by atoms with Gasteiger partial charge in [0.25, 0.3) is 0 Å². The van der Waals surface area contributed by atoms with E-state index in [-0.39, 0.29) is 0 Å². The van der Waals surface area contributed by atoms with Crippen LogP contribution in [0.4, 0.5) is 0 Å². The fourth-order valence-corrected chi connectivity index (χ4v) is 2.38. The molecule has 3 rings (SSSR count). The molecule has 0 fully saturated rings. The van der Waals surface area contributed by atoms with Crippen LogP contribution >= 0.6 is 11.6 Å². The second-order valence-corrected chi connectivity index (χ2v) is 4.88. The number of rotatable bonds is 1. The number of halogens is 1. The highest BCUT2D eigenvalue weighted by atomic mass is 35.5. The van der Waals surface area contributed by atoms with Gasteiger partial charge in [-0.1, -0.05) is 11.6 Å². The second-order valence-electron chi connectivity index (χ2n) is 4.45. The molecule has 0 saturated heterocycles. The number of aryl methyl sites for hydroxylation is 1. The van der Waals surface area contributed by atoms with Crippen molar-refractivity contribution in [2.45, 2.75) is 6.92 Å². The van der Waals surface area contributed by atoms with Crippen LogP contribution < -0.4 is 0 Å². The lowest BCUT2D eigenvalue weighted by Gasteiger charge is -2.00. The molecule has 0 unspecified atom stereocenters. The molecule has 0 aliphatic carbocycles. The molecule has 1 N–H and O–H groups in total. The first-order valence-corrected chi connectivity index (χ1v) is 6.21. The van der Waals surface area contributed by atoms with E-state index in [0.717, 1.165) is 28.0 Å². The number of aromatic nitrogens is 2. The third-order valence-corrected chi connectivity index (χ3v) is 3.14. The zero-order valence-electron chi connectivity index (χ0n) is 10.2. The summed E-state index contributed by atoms with van der Waals surface area (Å²) in [5.41, 5.74) is 4.34. The third kappa shape index (κ3) is 2.18. The average molecular weight is 268 g/mol. The van der Waals surface area contributed by atoms with Crippen molar-refractivity contribution >= 4 is 22.6 Å². The normalized spacial score (nSPS) is 10.6. The van der Waals surface area contributed by atoms with Crippen molar-refractivity contribution < 1.29 is 0 Å². The molecular formula is C15H10ClN3. The van der Waals surface area contributed by atoms with Gasteiger partial charge in [-0.15, -0.1) is 0 Å². The van der Waals surface area contributed by atoms with Crippen LogP contribution in [0.1, 0.15) is 11.1 Å². The van der Waals surface area contributed by atoms with Crippen LogP contribution in [0.3, 0.4) is 0 Å². The Morgan fingerprint density at radius 1 is 1.21 bits per heavy atom. The first-order chi connectivity index (χ1) is 9.15. The van der Waals surface area contributed by atoms with E-state index in [0.29, 0.717) is 10.6 Å². The molecule has 0 bridgehead atoms. The largest absolute Gasteiger partial charge is 0.338 e. The molecule has 1 aromatic heterocycles. The molecule has 0 radical (unpaired) electrons. The van der Waals surface area contributed by atoms with Crippen LogP contribution in [-0.4, -0.2) is 9.97 Å². The van der Waals surface area contributed by atoms with Gasteiger partial charge in [0.05, 0.1) is 22.7 Å². The zero-order valence-corrected chi connectivity index (χ0v) is 11.0. The van der Waals surface area contributed by atoms with E-state index in [9.17, 15) is 0 Å². The Balaban J connectivity index is 2.18. The van der Waals surface area contributed by atoms with Gasteiger partial charge in [-0.05, 0) is 48.9 Å².